The molecule has 0 bridgehead atoms. The van der Waals surface area contributed by atoms with Crippen LogP contribution in [0.5, 0.6) is 0 Å². The number of urea groups is 1. The van der Waals surface area contributed by atoms with Crippen molar-refractivity contribution in [3.05, 3.63) is 0 Å². The molecule has 0 aromatic heterocycles. The molecule has 5 nitrogen and oxygen atoms in total. The standard InChI is InChI=1S/C5H11NO.CH4N2O/c1-6-2-4-7-5-3-6;2-1(3)4/h2-5H2,1H3;(H4,2,3,4). The fourth-order valence-electron chi connectivity index (χ4n) is 0.655. The summed E-state index contributed by atoms with van der Waals surface area (Å²) in [5.41, 5.74) is 8.50. The van der Waals surface area contributed by atoms with E-state index in [0.717, 1.165) is 26.3 Å². The van der Waals surface area contributed by atoms with Crippen LogP contribution in [0.2, 0.25) is 0 Å². The SMILES string of the molecule is CN1CCOCC1.NC(N)=O. The fourth-order valence-corrected chi connectivity index (χ4v) is 0.655. The van der Waals surface area contributed by atoms with Gasteiger partial charge in [-0.1, -0.05) is 0 Å². The molecule has 4 N–H and O–H groups in total. The van der Waals surface area contributed by atoms with Crippen LogP contribution < -0.4 is 11.5 Å². The largest absolute Gasteiger partial charge is 0.379 e. The van der Waals surface area contributed by atoms with E-state index >= 15 is 0 Å². The van der Waals surface area contributed by atoms with E-state index in [2.05, 4.69) is 23.4 Å². The van der Waals surface area contributed by atoms with Gasteiger partial charge in [-0.3, -0.25) is 0 Å². The first kappa shape index (κ1) is 10.2. The number of ether oxygens (including phenoxy) is 1. The topological polar surface area (TPSA) is 81.6 Å². The maximum Gasteiger partial charge on any atom is 0.309 e. The molecule has 0 unspecified atom stereocenters. The van der Waals surface area contributed by atoms with Crippen molar-refractivity contribution >= 4 is 6.03 Å². The number of nitrogens with two attached hydrogens (primary N) is 2. The van der Waals surface area contributed by atoms with Gasteiger partial charge in [0.25, 0.3) is 0 Å². The van der Waals surface area contributed by atoms with E-state index in [1.807, 2.05) is 0 Å². The lowest BCUT2D eigenvalue weighted by molar-refractivity contribution is 0.0503. The number of likely N-dealkylation sites (N-methyl/N-ethyl adjacent to an activating group) is 1. The second-order valence-corrected chi connectivity index (χ2v) is 2.32. The molecule has 0 aromatic rings. The number of primary amides is 2. The van der Waals surface area contributed by atoms with Crippen LogP contribution in [0, 0.1) is 0 Å². The van der Waals surface area contributed by atoms with Gasteiger partial charge in [-0.15, -0.1) is 0 Å². The number of carbonyl (C=O) groups is 1. The van der Waals surface area contributed by atoms with Gasteiger partial charge in [0.1, 0.15) is 0 Å². The minimum absolute atomic E-state index is 0.833. The minimum Gasteiger partial charge on any atom is -0.379 e. The molecule has 0 saturated carbocycles. The summed E-state index contributed by atoms with van der Waals surface area (Å²) in [4.78, 5) is 11.3. The van der Waals surface area contributed by atoms with Crippen molar-refractivity contribution < 1.29 is 9.53 Å². The second-order valence-electron chi connectivity index (χ2n) is 2.32. The molecule has 1 aliphatic heterocycles. The van der Waals surface area contributed by atoms with Gasteiger partial charge >= 0.3 is 6.03 Å². The Morgan fingerprint density at radius 2 is 1.73 bits per heavy atom. The molecule has 5 heteroatoms. The first-order chi connectivity index (χ1) is 5.13. The number of rotatable bonds is 0. The van der Waals surface area contributed by atoms with Gasteiger partial charge in [-0.05, 0) is 7.05 Å². The Morgan fingerprint density at radius 1 is 1.36 bits per heavy atom. The third-order valence-electron chi connectivity index (χ3n) is 1.23. The number of hydrogen-bond acceptors (Lipinski definition) is 3. The summed E-state index contributed by atoms with van der Waals surface area (Å²) in [5.74, 6) is 0. The summed E-state index contributed by atoms with van der Waals surface area (Å²) >= 11 is 0. The van der Waals surface area contributed by atoms with Gasteiger partial charge < -0.3 is 21.1 Å². The number of morpholine rings is 1. The zero-order valence-electron chi connectivity index (χ0n) is 6.75. The van der Waals surface area contributed by atoms with Crippen molar-refractivity contribution in [3.8, 4) is 0 Å². The van der Waals surface area contributed by atoms with Crippen molar-refractivity contribution in [2.45, 2.75) is 0 Å². The Balaban J connectivity index is 0.000000218. The highest BCUT2D eigenvalue weighted by Gasteiger charge is 2.02. The third kappa shape index (κ3) is 9.19. The molecule has 2 amide bonds. The molecule has 66 valence electrons. The Hall–Kier alpha value is -0.810. The molecular formula is C6H15N3O2. The van der Waals surface area contributed by atoms with Crippen molar-refractivity contribution in [2.24, 2.45) is 11.5 Å². The number of carbonyl (C=O) groups excluding carboxylic acids is 1. The summed E-state index contributed by atoms with van der Waals surface area (Å²) in [6.07, 6.45) is 0. The molecule has 0 radical (unpaired) electrons. The Bertz CT molecular complexity index is 108. The van der Waals surface area contributed by atoms with Crippen molar-refractivity contribution in [1.29, 1.82) is 0 Å². The average Bonchev–Trinajstić information content (AvgIpc) is 1.87. The van der Waals surface area contributed by atoms with E-state index < -0.39 is 6.03 Å². The van der Waals surface area contributed by atoms with Gasteiger partial charge in [-0.2, -0.15) is 0 Å². The summed E-state index contributed by atoms with van der Waals surface area (Å²) in [6, 6.07) is -0.833. The maximum absolute atomic E-state index is 9.00. The third-order valence-corrected chi connectivity index (χ3v) is 1.23. The molecule has 1 rings (SSSR count). The highest BCUT2D eigenvalue weighted by atomic mass is 16.5. The second kappa shape index (κ2) is 5.94. The Labute approximate surface area is 66.3 Å². The minimum atomic E-state index is -0.833. The number of nitrogens with zero attached hydrogens (tertiary/aromatic N) is 1. The van der Waals surface area contributed by atoms with Crippen LogP contribution in [0.25, 0.3) is 0 Å². The van der Waals surface area contributed by atoms with Crippen molar-refractivity contribution in [3.63, 3.8) is 0 Å². The van der Waals surface area contributed by atoms with E-state index in [0.29, 0.717) is 0 Å². The molecule has 1 heterocycles. The zero-order chi connectivity index (χ0) is 8.69. The summed E-state index contributed by atoms with van der Waals surface area (Å²) in [6.45, 7) is 4.02. The Kier molecular flexibility index (Phi) is 5.50. The molecule has 11 heavy (non-hydrogen) atoms. The fraction of sp³-hybridized carbons (Fsp3) is 0.833. The molecule has 0 aliphatic carbocycles. The molecule has 1 saturated heterocycles. The van der Waals surface area contributed by atoms with Gasteiger partial charge in [0, 0.05) is 13.1 Å². The molecule has 1 aliphatic rings. The normalized spacial score (nSPS) is 18.3. The lowest BCUT2D eigenvalue weighted by Crippen LogP contribution is -2.32. The smallest absolute Gasteiger partial charge is 0.309 e. The molecule has 1 fully saturated rings. The first-order valence-electron chi connectivity index (χ1n) is 3.44. The highest BCUT2D eigenvalue weighted by Crippen LogP contribution is 1.89. The highest BCUT2D eigenvalue weighted by molar-refractivity contribution is 5.69. The van der Waals surface area contributed by atoms with Crippen molar-refractivity contribution in [2.75, 3.05) is 33.4 Å². The van der Waals surface area contributed by atoms with Gasteiger partial charge in [0.05, 0.1) is 13.2 Å². The summed E-state index contributed by atoms with van der Waals surface area (Å²) < 4.78 is 5.10. The molecular weight excluding hydrogens is 146 g/mol. The van der Waals surface area contributed by atoms with E-state index in [1.54, 1.807) is 0 Å². The number of hydrogen-bond donors (Lipinski definition) is 2. The molecule has 0 aromatic carbocycles. The predicted octanol–water partition coefficient (Wildman–Crippen LogP) is -1.03. The van der Waals surface area contributed by atoms with E-state index in [9.17, 15) is 0 Å². The lowest BCUT2D eigenvalue weighted by atomic mass is 10.5. The summed E-state index contributed by atoms with van der Waals surface area (Å²) in [7, 11) is 2.11. The van der Waals surface area contributed by atoms with Crippen LogP contribution in [0.15, 0.2) is 0 Å². The lowest BCUT2D eigenvalue weighted by Gasteiger charge is -2.21. The van der Waals surface area contributed by atoms with E-state index in [1.165, 1.54) is 0 Å². The summed E-state index contributed by atoms with van der Waals surface area (Å²) in [5, 5.41) is 0. The Morgan fingerprint density at radius 3 is 1.91 bits per heavy atom. The van der Waals surface area contributed by atoms with Gasteiger partial charge in [0.2, 0.25) is 0 Å². The van der Waals surface area contributed by atoms with Crippen molar-refractivity contribution in [1.82, 2.24) is 4.90 Å². The number of amides is 2. The van der Waals surface area contributed by atoms with Crippen LogP contribution >= 0.6 is 0 Å². The van der Waals surface area contributed by atoms with E-state index in [-0.39, 0.29) is 0 Å². The van der Waals surface area contributed by atoms with Gasteiger partial charge in [0.15, 0.2) is 0 Å². The van der Waals surface area contributed by atoms with E-state index in [4.69, 9.17) is 9.53 Å². The predicted molar refractivity (Wildman–Crippen MR) is 42.1 cm³/mol. The van der Waals surface area contributed by atoms with Crippen LogP contribution in [-0.2, 0) is 4.74 Å². The van der Waals surface area contributed by atoms with Gasteiger partial charge in [-0.25, -0.2) is 4.79 Å². The van der Waals surface area contributed by atoms with Crippen LogP contribution in [0.4, 0.5) is 4.79 Å². The monoisotopic (exact) mass is 161 g/mol. The average molecular weight is 161 g/mol. The molecule has 0 atom stereocenters. The molecule has 0 spiro atoms. The quantitative estimate of drug-likeness (QED) is 0.476. The van der Waals surface area contributed by atoms with Crippen LogP contribution in [0.1, 0.15) is 0 Å². The van der Waals surface area contributed by atoms with Crippen LogP contribution in [0.3, 0.4) is 0 Å². The zero-order valence-corrected chi connectivity index (χ0v) is 6.75. The maximum atomic E-state index is 9.00. The van der Waals surface area contributed by atoms with Crippen LogP contribution in [-0.4, -0.2) is 44.3 Å². The first-order valence-corrected chi connectivity index (χ1v) is 3.44.